The van der Waals surface area contributed by atoms with Crippen LogP contribution < -0.4 is 5.73 Å². The van der Waals surface area contributed by atoms with Gasteiger partial charge in [-0.3, -0.25) is 0 Å². The minimum Gasteiger partial charge on any atom is -0.326 e. The minimum atomic E-state index is -3.30. The van der Waals surface area contributed by atoms with E-state index in [9.17, 15) is 8.42 Å². The van der Waals surface area contributed by atoms with Crippen LogP contribution in [0.4, 0.5) is 0 Å². The molecule has 2 rings (SSSR count). The van der Waals surface area contributed by atoms with Gasteiger partial charge in [-0.1, -0.05) is 13.3 Å². The lowest BCUT2D eigenvalue weighted by Crippen LogP contribution is -2.28. The molecule has 1 aliphatic rings. The van der Waals surface area contributed by atoms with Crippen molar-refractivity contribution in [3.63, 3.8) is 0 Å². The third kappa shape index (κ3) is 2.47. The van der Waals surface area contributed by atoms with Crippen molar-refractivity contribution >= 4 is 21.4 Å². The molecule has 1 aromatic heterocycles. The van der Waals surface area contributed by atoms with Crippen molar-refractivity contribution in [2.75, 3.05) is 13.1 Å². The zero-order valence-electron chi connectivity index (χ0n) is 10.8. The first kappa shape index (κ1) is 14.0. The Morgan fingerprint density at radius 1 is 1.56 bits per heavy atom. The average Bonchev–Trinajstić information content (AvgIpc) is 2.95. The molecule has 0 amide bonds. The van der Waals surface area contributed by atoms with Gasteiger partial charge in [-0.15, -0.1) is 11.3 Å². The first-order valence-electron chi connectivity index (χ1n) is 6.28. The van der Waals surface area contributed by atoms with Crippen molar-refractivity contribution in [1.82, 2.24) is 4.31 Å². The molecule has 2 heterocycles. The Morgan fingerprint density at radius 2 is 2.28 bits per heavy atom. The molecular weight excluding hydrogens is 268 g/mol. The Labute approximate surface area is 113 Å². The average molecular weight is 288 g/mol. The van der Waals surface area contributed by atoms with Crippen LogP contribution in [0.3, 0.4) is 0 Å². The maximum atomic E-state index is 12.5. The van der Waals surface area contributed by atoms with Crippen LogP contribution in [0.1, 0.15) is 30.2 Å². The number of nitrogens with two attached hydrogens (primary N) is 1. The van der Waals surface area contributed by atoms with Crippen LogP contribution in [0.2, 0.25) is 0 Å². The molecule has 0 bridgehead atoms. The fourth-order valence-electron chi connectivity index (χ4n) is 2.29. The van der Waals surface area contributed by atoms with Crippen LogP contribution in [0, 0.1) is 12.8 Å². The molecule has 0 aromatic carbocycles. The molecule has 0 aliphatic carbocycles. The predicted molar refractivity (Wildman–Crippen MR) is 74.1 cm³/mol. The van der Waals surface area contributed by atoms with Crippen LogP contribution in [0.5, 0.6) is 0 Å². The smallest absolute Gasteiger partial charge is 0.252 e. The number of aryl methyl sites for hydroxylation is 1. The highest BCUT2D eigenvalue weighted by atomic mass is 32.2. The summed E-state index contributed by atoms with van der Waals surface area (Å²) in [5.74, 6) is 0.509. The SMILES string of the molecule is CCC1CCN(S(=O)(=O)c2cc(C)c(CN)s2)C1. The van der Waals surface area contributed by atoms with E-state index in [0.29, 0.717) is 29.8 Å². The summed E-state index contributed by atoms with van der Waals surface area (Å²) in [5.41, 5.74) is 6.59. The zero-order valence-corrected chi connectivity index (χ0v) is 12.5. The Bertz CT molecular complexity index is 522. The van der Waals surface area contributed by atoms with Crippen molar-refractivity contribution in [2.45, 2.75) is 37.4 Å². The summed E-state index contributed by atoms with van der Waals surface area (Å²) >= 11 is 1.31. The van der Waals surface area contributed by atoms with Crippen LogP contribution >= 0.6 is 11.3 Å². The quantitative estimate of drug-likeness (QED) is 0.921. The van der Waals surface area contributed by atoms with Gasteiger partial charge in [0.2, 0.25) is 0 Å². The molecule has 18 heavy (non-hydrogen) atoms. The first-order chi connectivity index (χ1) is 8.48. The van der Waals surface area contributed by atoms with Crippen LogP contribution in [-0.4, -0.2) is 25.8 Å². The normalized spacial score (nSPS) is 21.6. The monoisotopic (exact) mass is 288 g/mol. The minimum absolute atomic E-state index is 0.406. The lowest BCUT2D eigenvalue weighted by atomic mass is 10.1. The molecule has 0 spiro atoms. The molecular formula is C12H20N2O2S2. The summed E-state index contributed by atoms with van der Waals surface area (Å²) in [6, 6.07) is 1.75. The van der Waals surface area contributed by atoms with E-state index in [1.165, 1.54) is 11.3 Å². The molecule has 1 aromatic rings. The highest BCUT2D eigenvalue weighted by Crippen LogP contribution is 2.31. The standard InChI is InChI=1S/C12H20N2O2S2/c1-3-10-4-5-14(8-10)18(15,16)12-6-9(2)11(7-13)17-12/h6,10H,3-5,7-8,13H2,1-2H3. The fraction of sp³-hybridized carbons (Fsp3) is 0.667. The zero-order chi connectivity index (χ0) is 13.3. The molecule has 0 saturated carbocycles. The Hall–Kier alpha value is -0.430. The summed E-state index contributed by atoms with van der Waals surface area (Å²) in [4.78, 5) is 0.958. The maximum Gasteiger partial charge on any atom is 0.252 e. The highest BCUT2D eigenvalue weighted by molar-refractivity contribution is 7.91. The van der Waals surface area contributed by atoms with E-state index in [2.05, 4.69) is 6.92 Å². The lowest BCUT2D eigenvalue weighted by Gasteiger charge is -2.14. The van der Waals surface area contributed by atoms with Gasteiger partial charge in [0.1, 0.15) is 4.21 Å². The predicted octanol–water partition coefficient (Wildman–Crippen LogP) is 1.94. The Kier molecular flexibility index (Phi) is 4.11. The number of hydrogen-bond donors (Lipinski definition) is 1. The van der Waals surface area contributed by atoms with Gasteiger partial charge in [-0.25, -0.2) is 8.42 Å². The van der Waals surface area contributed by atoms with E-state index in [1.807, 2.05) is 6.92 Å². The molecule has 2 N–H and O–H groups in total. The molecule has 1 unspecified atom stereocenters. The fourth-order valence-corrected chi connectivity index (χ4v) is 5.45. The second kappa shape index (κ2) is 5.28. The van der Waals surface area contributed by atoms with Gasteiger partial charge in [0.15, 0.2) is 0 Å². The summed E-state index contributed by atoms with van der Waals surface area (Å²) in [5, 5.41) is 0. The van der Waals surface area contributed by atoms with Crippen molar-refractivity contribution in [2.24, 2.45) is 11.7 Å². The number of hydrogen-bond acceptors (Lipinski definition) is 4. The lowest BCUT2D eigenvalue weighted by molar-refractivity contribution is 0.454. The second-order valence-electron chi connectivity index (χ2n) is 4.80. The largest absolute Gasteiger partial charge is 0.326 e. The molecule has 102 valence electrons. The number of sulfonamides is 1. The van der Waals surface area contributed by atoms with Crippen LogP contribution in [0.15, 0.2) is 10.3 Å². The van der Waals surface area contributed by atoms with Gasteiger partial charge in [-0.2, -0.15) is 4.31 Å². The molecule has 4 nitrogen and oxygen atoms in total. The van der Waals surface area contributed by atoms with E-state index in [1.54, 1.807) is 10.4 Å². The summed E-state index contributed by atoms with van der Waals surface area (Å²) in [6.45, 7) is 5.74. The maximum absolute atomic E-state index is 12.5. The van der Waals surface area contributed by atoms with Gasteiger partial charge < -0.3 is 5.73 Å². The third-order valence-corrected chi connectivity index (χ3v) is 7.18. The highest BCUT2D eigenvalue weighted by Gasteiger charge is 2.32. The molecule has 1 fully saturated rings. The van der Waals surface area contributed by atoms with Crippen molar-refractivity contribution in [3.05, 3.63) is 16.5 Å². The van der Waals surface area contributed by atoms with Gasteiger partial charge in [0.25, 0.3) is 10.0 Å². The van der Waals surface area contributed by atoms with Gasteiger partial charge in [0.05, 0.1) is 0 Å². The molecule has 1 aliphatic heterocycles. The third-order valence-electron chi connectivity index (χ3n) is 3.60. The van der Waals surface area contributed by atoms with Crippen molar-refractivity contribution in [3.8, 4) is 0 Å². The number of rotatable bonds is 4. The molecule has 1 saturated heterocycles. The van der Waals surface area contributed by atoms with Crippen molar-refractivity contribution < 1.29 is 8.42 Å². The second-order valence-corrected chi connectivity index (χ2v) is 8.10. The molecule has 0 radical (unpaired) electrons. The van der Waals surface area contributed by atoms with Crippen LogP contribution in [-0.2, 0) is 16.6 Å². The number of thiophene rings is 1. The summed E-state index contributed by atoms with van der Waals surface area (Å²) in [7, 11) is -3.30. The molecule has 1 atom stereocenters. The summed E-state index contributed by atoms with van der Waals surface area (Å²) < 4.78 is 27.0. The van der Waals surface area contributed by atoms with Gasteiger partial charge in [-0.05, 0) is 30.9 Å². The number of nitrogens with zero attached hydrogens (tertiary/aromatic N) is 1. The van der Waals surface area contributed by atoms with E-state index in [-0.39, 0.29) is 0 Å². The first-order valence-corrected chi connectivity index (χ1v) is 8.54. The Balaban J connectivity index is 2.25. The van der Waals surface area contributed by atoms with E-state index < -0.39 is 10.0 Å². The van der Waals surface area contributed by atoms with Crippen LogP contribution in [0.25, 0.3) is 0 Å². The van der Waals surface area contributed by atoms with Gasteiger partial charge in [0, 0.05) is 24.5 Å². The van der Waals surface area contributed by atoms with Crippen molar-refractivity contribution in [1.29, 1.82) is 0 Å². The summed E-state index contributed by atoms with van der Waals surface area (Å²) in [6.07, 6.45) is 2.02. The van der Waals surface area contributed by atoms with E-state index in [0.717, 1.165) is 23.3 Å². The Morgan fingerprint density at radius 3 is 2.78 bits per heavy atom. The van der Waals surface area contributed by atoms with E-state index in [4.69, 9.17) is 5.73 Å². The van der Waals surface area contributed by atoms with E-state index >= 15 is 0 Å². The topological polar surface area (TPSA) is 63.4 Å². The molecule has 6 heteroatoms. The van der Waals surface area contributed by atoms with Gasteiger partial charge >= 0.3 is 0 Å².